The number of hydrogen-bond acceptors (Lipinski definition) is 4. The van der Waals surface area contributed by atoms with E-state index in [1.165, 1.54) is 6.92 Å². The Bertz CT molecular complexity index is 613. The van der Waals surface area contributed by atoms with Gasteiger partial charge >= 0.3 is 5.97 Å². The number of aliphatic carboxylic acids is 1. The SMILES string of the molecule is CC(=O)c1cccc(OCCCC(=O)N2CCC[C@H](C(=O)O)C2)c1. The second-order valence-electron chi connectivity index (χ2n) is 6.05. The normalized spacial score (nSPS) is 17.4. The molecule has 0 unspecified atom stereocenters. The molecule has 1 N–H and O–H groups in total. The minimum absolute atomic E-state index is 0.0197. The van der Waals surface area contributed by atoms with Crippen LogP contribution in [0.5, 0.6) is 5.75 Å². The quantitative estimate of drug-likeness (QED) is 0.612. The van der Waals surface area contributed by atoms with Crippen LogP contribution in [0.2, 0.25) is 0 Å². The molecule has 6 heteroatoms. The highest BCUT2D eigenvalue weighted by molar-refractivity contribution is 5.94. The van der Waals surface area contributed by atoms with Crippen molar-refractivity contribution in [2.45, 2.75) is 32.6 Å². The maximum absolute atomic E-state index is 12.2. The van der Waals surface area contributed by atoms with E-state index in [0.717, 1.165) is 6.42 Å². The molecule has 1 aliphatic rings. The molecule has 0 saturated carbocycles. The van der Waals surface area contributed by atoms with Gasteiger partial charge in [0.15, 0.2) is 5.78 Å². The van der Waals surface area contributed by atoms with E-state index in [0.29, 0.717) is 50.3 Å². The molecular weight excluding hydrogens is 310 g/mol. The number of carbonyl (C=O) groups is 3. The Morgan fingerprint density at radius 2 is 2.12 bits per heavy atom. The van der Waals surface area contributed by atoms with Crippen LogP contribution in [0, 0.1) is 5.92 Å². The van der Waals surface area contributed by atoms with E-state index < -0.39 is 11.9 Å². The third-order valence-electron chi connectivity index (χ3n) is 4.17. The number of amides is 1. The van der Waals surface area contributed by atoms with Crippen molar-refractivity contribution in [3.8, 4) is 5.75 Å². The summed E-state index contributed by atoms with van der Waals surface area (Å²) in [5, 5.41) is 9.06. The molecule has 1 heterocycles. The number of likely N-dealkylation sites (tertiary alicyclic amines) is 1. The highest BCUT2D eigenvalue weighted by atomic mass is 16.5. The Morgan fingerprint density at radius 1 is 1.33 bits per heavy atom. The van der Waals surface area contributed by atoms with E-state index in [-0.39, 0.29) is 11.7 Å². The molecule has 1 aromatic rings. The molecule has 0 aliphatic carbocycles. The van der Waals surface area contributed by atoms with Crippen LogP contribution in [0.3, 0.4) is 0 Å². The predicted octanol–water partition coefficient (Wildman–Crippen LogP) is 2.37. The van der Waals surface area contributed by atoms with Crippen molar-refractivity contribution in [2.75, 3.05) is 19.7 Å². The lowest BCUT2D eigenvalue weighted by Crippen LogP contribution is -2.42. The molecule has 1 saturated heterocycles. The second kappa shape index (κ2) is 8.47. The Kier molecular flexibility index (Phi) is 6.35. The summed E-state index contributed by atoms with van der Waals surface area (Å²) in [5.74, 6) is -0.718. The van der Waals surface area contributed by atoms with E-state index in [9.17, 15) is 14.4 Å². The summed E-state index contributed by atoms with van der Waals surface area (Å²) in [5.41, 5.74) is 0.594. The zero-order chi connectivity index (χ0) is 17.5. The summed E-state index contributed by atoms with van der Waals surface area (Å²) in [6, 6.07) is 6.95. The monoisotopic (exact) mass is 333 g/mol. The number of rotatable bonds is 7. The second-order valence-corrected chi connectivity index (χ2v) is 6.05. The summed E-state index contributed by atoms with van der Waals surface area (Å²) < 4.78 is 5.58. The van der Waals surface area contributed by atoms with Crippen molar-refractivity contribution >= 4 is 17.7 Å². The molecule has 1 fully saturated rings. The topological polar surface area (TPSA) is 83.9 Å². The number of carbonyl (C=O) groups excluding carboxylic acids is 2. The fourth-order valence-corrected chi connectivity index (χ4v) is 2.78. The number of Topliss-reactive ketones (excluding diaryl/α,β-unsaturated/α-hetero) is 1. The van der Waals surface area contributed by atoms with Crippen molar-refractivity contribution in [3.63, 3.8) is 0 Å². The van der Waals surface area contributed by atoms with Gasteiger partial charge in [-0.1, -0.05) is 12.1 Å². The molecule has 130 valence electrons. The van der Waals surface area contributed by atoms with Gasteiger partial charge in [0.25, 0.3) is 0 Å². The summed E-state index contributed by atoms with van der Waals surface area (Å²) in [7, 11) is 0. The first-order chi connectivity index (χ1) is 11.5. The molecule has 0 radical (unpaired) electrons. The Labute approximate surface area is 141 Å². The van der Waals surface area contributed by atoms with Crippen LogP contribution in [0.4, 0.5) is 0 Å². The largest absolute Gasteiger partial charge is 0.494 e. The molecular formula is C18H23NO5. The van der Waals surface area contributed by atoms with Crippen LogP contribution < -0.4 is 4.74 Å². The minimum Gasteiger partial charge on any atom is -0.494 e. The number of carboxylic acids is 1. The van der Waals surface area contributed by atoms with Gasteiger partial charge in [-0.25, -0.2) is 0 Å². The fourth-order valence-electron chi connectivity index (χ4n) is 2.78. The van der Waals surface area contributed by atoms with Gasteiger partial charge in [0.2, 0.25) is 5.91 Å². The first-order valence-corrected chi connectivity index (χ1v) is 8.21. The standard InChI is InChI=1S/C18H23NO5/c1-13(20)14-5-2-7-16(11-14)24-10-4-8-17(21)19-9-3-6-15(12-19)18(22)23/h2,5,7,11,15H,3-4,6,8-10,12H2,1H3,(H,22,23)/t15-/m0/s1. The van der Waals surface area contributed by atoms with Gasteiger partial charge in [0.1, 0.15) is 5.75 Å². The molecule has 24 heavy (non-hydrogen) atoms. The van der Waals surface area contributed by atoms with E-state index >= 15 is 0 Å². The van der Waals surface area contributed by atoms with Gasteiger partial charge in [-0.15, -0.1) is 0 Å². The summed E-state index contributed by atoms with van der Waals surface area (Å²) in [6.45, 7) is 2.81. The molecule has 1 atom stereocenters. The highest BCUT2D eigenvalue weighted by Crippen LogP contribution is 2.18. The van der Waals surface area contributed by atoms with Crippen LogP contribution in [0.15, 0.2) is 24.3 Å². The summed E-state index contributed by atoms with van der Waals surface area (Å²) >= 11 is 0. The maximum Gasteiger partial charge on any atom is 0.308 e. The highest BCUT2D eigenvalue weighted by Gasteiger charge is 2.27. The molecule has 1 amide bonds. The fraction of sp³-hybridized carbons (Fsp3) is 0.500. The molecule has 6 nitrogen and oxygen atoms in total. The lowest BCUT2D eigenvalue weighted by atomic mass is 9.98. The molecule has 0 bridgehead atoms. The van der Waals surface area contributed by atoms with Crippen LogP contribution in [0.1, 0.15) is 43.0 Å². The number of carboxylic acid groups (broad SMARTS) is 1. The number of benzene rings is 1. The lowest BCUT2D eigenvalue weighted by molar-refractivity contribution is -0.145. The Hall–Kier alpha value is -2.37. The van der Waals surface area contributed by atoms with Crippen LogP contribution in [-0.2, 0) is 9.59 Å². The van der Waals surface area contributed by atoms with Crippen LogP contribution in [-0.4, -0.2) is 47.4 Å². The van der Waals surface area contributed by atoms with Gasteiger partial charge in [0.05, 0.1) is 12.5 Å². The van der Waals surface area contributed by atoms with Crippen molar-refractivity contribution in [2.24, 2.45) is 5.92 Å². The first-order valence-electron chi connectivity index (χ1n) is 8.21. The number of hydrogen-bond donors (Lipinski definition) is 1. The summed E-state index contributed by atoms with van der Waals surface area (Å²) in [4.78, 5) is 36.1. The molecule has 0 spiro atoms. The zero-order valence-corrected chi connectivity index (χ0v) is 13.9. The smallest absolute Gasteiger partial charge is 0.308 e. The summed E-state index contributed by atoms with van der Waals surface area (Å²) in [6.07, 6.45) is 2.25. The third kappa shape index (κ3) is 5.08. The van der Waals surface area contributed by atoms with Gasteiger partial charge in [-0.3, -0.25) is 14.4 Å². The maximum atomic E-state index is 12.2. The van der Waals surface area contributed by atoms with Crippen molar-refractivity contribution in [3.05, 3.63) is 29.8 Å². The Morgan fingerprint density at radius 3 is 2.83 bits per heavy atom. The van der Waals surface area contributed by atoms with Gasteiger partial charge < -0.3 is 14.7 Å². The van der Waals surface area contributed by atoms with Crippen LogP contribution in [0.25, 0.3) is 0 Å². The number of ketones is 1. The van der Waals surface area contributed by atoms with E-state index in [4.69, 9.17) is 9.84 Å². The Balaban J connectivity index is 1.74. The lowest BCUT2D eigenvalue weighted by Gasteiger charge is -2.30. The molecule has 1 aliphatic heterocycles. The average Bonchev–Trinajstić information content (AvgIpc) is 2.58. The molecule has 1 aromatic carbocycles. The first kappa shape index (κ1) is 18.0. The van der Waals surface area contributed by atoms with E-state index in [1.807, 2.05) is 0 Å². The average molecular weight is 333 g/mol. The van der Waals surface area contributed by atoms with E-state index in [2.05, 4.69) is 0 Å². The number of nitrogens with zero attached hydrogens (tertiary/aromatic N) is 1. The zero-order valence-electron chi connectivity index (χ0n) is 13.9. The predicted molar refractivity (Wildman–Crippen MR) is 88.1 cm³/mol. The van der Waals surface area contributed by atoms with E-state index in [1.54, 1.807) is 29.2 Å². The number of ether oxygens (including phenoxy) is 1. The van der Waals surface area contributed by atoms with Gasteiger partial charge in [-0.05, 0) is 38.3 Å². The van der Waals surface area contributed by atoms with Crippen molar-refractivity contribution in [1.82, 2.24) is 4.90 Å². The number of piperidine rings is 1. The van der Waals surface area contributed by atoms with Gasteiger partial charge in [-0.2, -0.15) is 0 Å². The van der Waals surface area contributed by atoms with Crippen LogP contribution >= 0.6 is 0 Å². The minimum atomic E-state index is -0.832. The van der Waals surface area contributed by atoms with Gasteiger partial charge in [0, 0.05) is 25.1 Å². The van der Waals surface area contributed by atoms with Crippen molar-refractivity contribution < 1.29 is 24.2 Å². The van der Waals surface area contributed by atoms with Crippen molar-refractivity contribution in [1.29, 1.82) is 0 Å². The molecule has 2 rings (SSSR count). The molecule has 0 aromatic heterocycles. The third-order valence-corrected chi connectivity index (χ3v) is 4.17.